The third-order valence-corrected chi connectivity index (χ3v) is 6.04. The maximum absolute atomic E-state index is 13.2. The van der Waals surface area contributed by atoms with Gasteiger partial charge >= 0.3 is 0 Å². The molecular formula is C20H18BrN3O2S. The van der Waals surface area contributed by atoms with Gasteiger partial charge in [-0.05, 0) is 70.2 Å². The molecule has 0 saturated heterocycles. The molecule has 0 bridgehead atoms. The molecule has 2 aliphatic rings. The fourth-order valence-electron chi connectivity index (χ4n) is 3.69. The molecule has 2 N–H and O–H groups in total. The summed E-state index contributed by atoms with van der Waals surface area (Å²) < 4.78 is 0.842. The van der Waals surface area contributed by atoms with Crippen LogP contribution in [0.3, 0.4) is 0 Å². The van der Waals surface area contributed by atoms with Gasteiger partial charge in [0, 0.05) is 45.5 Å². The van der Waals surface area contributed by atoms with E-state index in [0.29, 0.717) is 17.8 Å². The third-order valence-electron chi connectivity index (χ3n) is 4.87. The van der Waals surface area contributed by atoms with Crippen LogP contribution >= 0.6 is 27.3 Å². The Bertz CT molecular complexity index is 962. The van der Waals surface area contributed by atoms with E-state index in [1.807, 2.05) is 29.8 Å². The highest BCUT2D eigenvalue weighted by Gasteiger charge is 2.38. The zero-order valence-electron chi connectivity index (χ0n) is 14.7. The van der Waals surface area contributed by atoms with Gasteiger partial charge in [-0.1, -0.05) is 0 Å². The van der Waals surface area contributed by atoms with E-state index >= 15 is 0 Å². The first-order valence-electron chi connectivity index (χ1n) is 8.73. The lowest BCUT2D eigenvalue weighted by atomic mass is 9.75. The van der Waals surface area contributed by atoms with Crippen LogP contribution in [0.4, 0.5) is 5.82 Å². The first kappa shape index (κ1) is 18.1. The van der Waals surface area contributed by atoms with E-state index in [2.05, 4.69) is 31.5 Å². The summed E-state index contributed by atoms with van der Waals surface area (Å²) >= 11 is 4.91. The molecule has 27 heavy (non-hydrogen) atoms. The van der Waals surface area contributed by atoms with Crippen LogP contribution < -0.4 is 10.6 Å². The van der Waals surface area contributed by atoms with Gasteiger partial charge in [-0.15, -0.1) is 0 Å². The van der Waals surface area contributed by atoms with E-state index in [-0.39, 0.29) is 17.6 Å². The van der Waals surface area contributed by atoms with Gasteiger partial charge < -0.3 is 10.6 Å². The lowest BCUT2D eigenvalue weighted by molar-refractivity contribution is -0.116. The highest BCUT2D eigenvalue weighted by Crippen LogP contribution is 2.42. The zero-order valence-corrected chi connectivity index (χ0v) is 17.1. The number of nitrogens with zero attached hydrogens (tertiary/aromatic N) is 1. The van der Waals surface area contributed by atoms with Gasteiger partial charge in [-0.25, -0.2) is 4.98 Å². The van der Waals surface area contributed by atoms with Gasteiger partial charge in [0.25, 0.3) is 5.91 Å². The number of aromatic nitrogens is 1. The van der Waals surface area contributed by atoms with Crippen LogP contribution in [0.15, 0.2) is 62.2 Å². The third kappa shape index (κ3) is 3.49. The van der Waals surface area contributed by atoms with Crippen LogP contribution in [-0.2, 0) is 9.59 Å². The number of ketones is 1. The number of anilines is 1. The Balaban J connectivity index is 1.74. The molecule has 0 saturated carbocycles. The van der Waals surface area contributed by atoms with Crippen molar-refractivity contribution in [3.05, 3.63) is 67.7 Å². The summed E-state index contributed by atoms with van der Waals surface area (Å²) in [4.78, 5) is 30.1. The number of amides is 1. The highest BCUT2D eigenvalue weighted by molar-refractivity contribution is 9.10. The van der Waals surface area contributed by atoms with Crippen molar-refractivity contribution in [2.24, 2.45) is 0 Å². The summed E-state index contributed by atoms with van der Waals surface area (Å²) in [6.45, 7) is 1.89. The van der Waals surface area contributed by atoms with Crippen LogP contribution in [0, 0.1) is 0 Å². The Labute approximate surface area is 169 Å². The SMILES string of the molecule is CC1=C(C(=O)Nc2ccc(Br)cn2)[C@@H](c2ccsc2)C2=C(CCCC2=O)N1. The minimum Gasteiger partial charge on any atom is -0.362 e. The van der Waals surface area contributed by atoms with Crippen molar-refractivity contribution in [3.8, 4) is 0 Å². The van der Waals surface area contributed by atoms with Crippen molar-refractivity contribution in [2.75, 3.05) is 5.32 Å². The lowest BCUT2D eigenvalue weighted by Gasteiger charge is -2.34. The number of rotatable bonds is 3. The Kier molecular flexibility index (Phi) is 4.97. The topological polar surface area (TPSA) is 71.1 Å². The van der Waals surface area contributed by atoms with E-state index in [9.17, 15) is 9.59 Å². The van der Waals surface area contributed by atoms with Crippen LogP contribution in [-0.4, -0.2) is 16.7 Å². The first-order valence-corrected chi connectivity index (χ1v) is 10.5. The van der Waals surface area contributed by atoms with Gasteiger partial charge in [0.15, 0.2) is 5.78 Å². The summed E-state index contributed by atoms with van der Waals surface area (Å²) in [7, 11) is 0. The van der Waals surface area contributed by atoms with Crippen molar-refractivity contribution >= 4 is 44.8 Å². The highest BCUT2D eigenvalue weighted by atomic mass is 79.9. The second-order valence-corrected chi connectivity index (χ2v) is 8.33. The Hall–Kier alpha value is -2.25. The predicted molar refractivity (Wildman–Crippen MR) is 109 cm³/mol. The molecule has 0 aromatic carbocycles. The molecular weight excluding hydrogens is 426 g/mol. The second-order valence-electron chi connectivity index (χ2n) is 6.64. The van der Waals surface area contributed by atoms with Crippen molar-refractivity contribution in [2.45, 2.75) is 32.1 Å². The number of dihydropyridines is 1. The number of hydrogen-bond acceptors (Lipinski definition) is 5. The number of carbonyl (C=O) groups excluding carboxylic acids is 2. The second kappa shape index (κ2) is 7.40. The lowest BCUT2D eigenvalue weighted by Crippen LogP contribution is -2.35. The van der Waals surface area contributed by atoms with Crippen molar-refractivity contribution in [1.29, 1.82) is 0 Å². The number of carbonyl (C=O) groups is 2. The normalized spacial score (nSPS) is 19.6. The summed E-state index contributed by atoms with van der Waals surface area (Å²) in [5, 5.41) is 10.2. The van der Waals surface area contributed by atoms with Crippen LogP contribution in [0.1, 0.15) is 37.7 Å². The molecule has 1 aliphatic carbocycles. The molecule has 7 heteroatoms. The molecule has 138 valence electrons. The molecule has 0 spiro atoms. The van der Waals surface area contributed by atoms with Crippen LogP contribution in [0.25, 0.3) is 0 Å². The van der Waals surface area contributed by atoms with Gasteiger partial charge in [-0.2, -0.15) is 11.3 Å². The fraction of sp³-hybridized carbons (Fsp3) is 0.250. The minimum atomic E-state index is -0.337. The maximum atomic E-state index is 13.2. The number of Topliss-reactive ketones (excluding diaryl/α,β-unsaturated/α-hetero) is 1. The number of thiophene rings is 1. The predicted octanol–water partition coefficient (Wildman–Crippen LogP) is 4.51. The Morgan fingerprint density at radius 2 is 2.19 bits per heavy atom. The van der Waals surface area contributed by atoms with E-state index in [1.54, 1.807) is 23.6 Å². The van der Waals surface area contributed by atoms with Crippen molar-refractivity contribution in [3.63, 3.8) is 0 Å². The standard InChI is InChI=1S/C20H18BrN3O2S/c1-11-17(20(26)24-16-6-5-13(21)9-22-16)18(12-7-8-27-10-12)19-14(23-11)3-2-4-15(19)25/h5-10,18,23H,2-4H2,1H3,(H,22,24,26)/t18-/m1/s1. The zero-order chi connectivity index (χ0) is 19.0. The fourth-order valence-corrected chi connectivity index (χ4v) is 4.61. The molecule has 1 aliphatic heterocycles. The number of allylic oxidation sites excluding steroid dienone is 3. The molecule has 2 aromatic heterocycles. The molecule has 3 heterocycles. The summed E-state index contributed by atoms with van der Waals surface area (Å²) in [6, 6.07) is 5.56. The molecule has 0 radical (unpaired) electrons. The monoisotopic (exact) mass is 443 g/mol. The van der Waals surface area contributed by atoms with E-state index < -0.39 is 0 Å². The van der Waals surface area contributed by atoms with E-state index in [1.165, 1.54) is 0 Å². The molecule has 4 rings (SSSR count). The van der Waals surface area contributed by atoms with Gasteiger partial charge in [0.1, 0.15) is 5.82 Å². The molecule has 0 fully saturated rings. The average molecular weight is 444 g/mol. The summed E-state index contributed by atoms with van der Waals surface area (Å²) in [6.07, 6.45) is 3.85. The quantitative estimate of drug-likeness (QED) is 0.731. The summed E-state index contributed by atoms with van der Waals surface area (Å²) in [5.41, 5.74) is 4.04. The number of halogens is 1. The van der Waals surface area contributed by atoms with E-state index in [0.717, 1.165) is 39.8 Å². The maximum Gasteiger partial charge on any atom is 0.255 e. The van der Waals surface area contributed by atoms with Crippen molar-refractivity contribution in [1.82, 2.24) is 10.3 Å². The van der Waals surface area contributed by atoms with Crippen molar-refractivity contribution < 1.29 is 9.59 Å². The number of hydrogen-bond donors (Lipinski definition) is 2. The number of pyridine rings is 1. The van der Waals surface area contributed by atoms with Crippen LogP contribution in [0.2, 0.25) is 0 Å². The molecule has 1 amide bonds. The number of nitrogens with one attached hydrogen (secondary N) is 2. The summed E-state index contributed by atoms with van der Waals surface area (Å²) in [5.74, 6) is 0.0218. The van der Waals surface area contributed by atoms with Gasteiger partial charge in [0.05, 0.1) is 0 Å². The van der Waals surface area contributed by atoms with Gasteiger partial charge in [-0.3, -0.25) is 9.59 Å². The molecule has 5 nitrogen and oxygen atoms in total. The smallest absolute Gasteiger partial charge is 0.255 e. The average Bonchev–Trinajstić information content (AvgIpc) is 3.17. The Morgan fingerprint density at radius 1 is 1.33 bits per heavy atom. The minimum absolute atomic E-state index is 0.125. The molecule has 1 atom stereocenters. The first-order chi connectivity index (χ1) is 13.0. The largest absolute Gasteiger partial charge is 0.362 e. The van der Waals surface area contributed by atoms with E-state index in [4.69, 9.17) is 0 Å². The van der Waals surface area contributed by atoms with Gasteiger partial charge in [0.2, 0.25) is 0 Å². The molecule has 0 unspecified atom stereocenters. The van der Waals surface area contributed by atoms with Crippen LogP contribution in [0.5, 0.6) is 0 Å². The molecule has 2 aromatic rings. The Morgan fingerprint density at radius 3 is 2.89 bits per heavy atom.